The molecule has 1 aromatic rings. The van der Waals surface area contributed by atoms with Gasteiger partial charge >= 0.3 is 0 Å². The van der Waals surface area contributed by atoms with Gasteiger partial charge < -0.3 is 0 Å². The van der Waals surface area contributed by atoms with Gasteiger partial charge in [0.15, 0.2) is 0 Å². The number of alkyl halides is 1. The van der Waals surface area contributed by atoms with Crippen molar-refractivity contribution in [2.24, 2.45) is 0 Å². The number of halogens is 1. The average molecular weight is 225 g/mol. The summed E-state index contributed by atoms with van der Waals surface area (Å²) in [5, 5.41) is 4.77. The fourth-order valence-electron chi connectivity index (χ4n) is 1.88. The van der Waals surface area contributed by atoms with Crippen molar-refractivity contribution in [2.75, 3.05) is 0 Å². The van der Waals surface area contributed by atoms with Gasteiger partial charge in [-0.05, 0) is 32.8 Å². The van der Waals surface area contributed by atoms with E-state index in [0.29, 0.717) is 6.04 Å². The highest BCUT2D eigenvalue weighted by atomic mass is 35.5. The molecule has 1 aliphatic rings. The Bertz CT molecular complexity index is 365. The summed E-state index contributed by atoms with van der Waals surface area (Å²) < 4.78 is 2.00. The Labute approximate surface area is 95.9 Å². The maximum absolute atomic E-state index is 6.03. The van der Waals surface area contributed by atoms with Crippen LogP contribution in [0.1, 0.15) is 38.4 Å². The standard InChI is InChI=1S/C12H17ClN2/c1-9(2)15-6-5-12(14-15)8-10-3-4-11(13)7-10/h5-7,9,11H,3-4,8H2,1-2H3. The second kappa shape index (κ2) is 4.40. The minimum atomic E-state index is 0.243. The second-order valence-electron chi connectivity index (χ2n) is 4.44. The zero-order chi connectivity index (χ0) is 10.8. The van der Waals surface area contributed by atoms with Crippen molar-refractivity contribution >= 4 is 11.6 Å². The molecule has 0 saturated carbocycles. The topological polar surface area (TPSA) is 17.8 Å². The zero-order valence-corrected chi connectivity index (χ0v) is 10.0. The van der Waals surface area contributed by atoms with E-state index < -0.39 is 0 Å². The molecule has 0 N–H and O–H groups in total. The van der Waals surface area contributed by atoms with Crippen LogP contribution < -0.4 is 0 Å². The molecule has 0 spiro atoms. The molecule has 1 atom stereocenters. The molecular weight excluding hydrogens is 208 g/mol. The van der Waals surface area contributed by atoms with Crippen LogP contribution in [0.2, 0.25) is 0 Å². The molecule has 2 nitrogen and oxygen atoms in total. The first-order valence-corrected chi connectivity index (χ1v) is 5.96. The molecule has 82 valence electrons. The van der Waals surface area contributed by atoms with Crippen molar-refractivity contribution < 1.29 is 0 Å². The third-order valence-electron chi connectivity index (χ3n) is 2.76. The summed E-state index contributed by atoms with van der Waals surface area (Å²) >= 11 is 6.03. The molecule has 0 bridgehead atoms. The van der Waals surface area contributed by atoms with Gasteiger partial charge in [0.05, 0.1) is 11.1 Å². The van der Waals surface area contributed by atoms with Gasteiger partial charge in [-0.25, -0.2) is 0 Å². The molecule has 15 heavy (non-hydrogen) atoms. The molecule has 3 heteroatoms. The Morgan fingerprint density at radius 3 is 2.93 bits per heavy atom. The monoisotopic (exact) mass is 224 g/mol. The van der Waals surface area contributed by atoms with Crippen LogP contribution in [-0.2, 0) is 6.42 Å². The molecule has 2 rings (SSSR count). The number of hydrogen-bond donors (Lipinski definition) is 0. The Morgan fingerprint density at radius 2 is 2.40 bits per heavy atom. The largest absolute Gasteiger partial charge is 0.270 e. The highest BCUT2D eigenvalue weighted by Gasteiger charge is 2.14. The molecule has 1 aromatic heterocycles. The van der Waals surface area contributed by atoms with Crippen molar-refractivity contribution in [1.29, 1.82) is 0 Å². The molecule has 0 aliphatic heterocycles. The smallest absolute Gasteiger partial charge is 0.0665 e. The van der Waals surface area contributed by atoms with Gasteiger partial charge in [-0.3, -0.25) is 4.68 Å². The van der Waals surface area contributed by atoms with Crippen LogP contribution in [0.15, 0.2) is 23.9 Å². The van der Waals surface area contributed by atoms with Gasteiger partial charge in [-0.2, -0.15) is 5.10 Å². The summed E-state index contributed by atoms with van der Waals surface area (Å²) in [5.74, 6) is 0. The highest BCUT2D eigenvalue weighted by molar-refractivity contribution is 6.22. The van der Waals surface area contributed by atoms with E-state index in [0.717, 1.165) is 25.0 Å². The van der Waals surface area contributed by atoms with Crippen molar-refractivity contribution in [1.82, 2.24) is 9.78 Å². The van der Waals surface area contributed by atoms with Gasteiger partial charge in [-0.1, -0.05) is 11.6 Å². The number of rotatable bonds is 3. The average Bonchev–Trinajstić information content (AvgIpc) is 2.76. The molecule has 0 aromatic carbocycles. The quantitative estimate of drug-likeness (QED) is 0.569. The minimum Gasteiger partial charge on any atom is -0.270 e. The van der Waals surface area contributed by atoms with Crippen LogP contribution in [0.25, 0.3) is 0 Å². The Kier molecular flexibility index (Phi) is 3.15. The van der Waals surface area contributed by atoms with Gasteiger partial charge in [0.25, 0.3) is 0 Å². The van der Waals surface area contributed by atoms with E-state index in [1.54, 1.807) is 0 Å². The number of nitrogens with zero attached hydrogens (tertiary/aromatic N) is 2. The van der Waals surface area contributed by atoms with Crippen LogP contribution in [0.5, 0.6) is 0 Å². The van der Waals surface area contributed by atoms with E-state index in [1.807, 2.05) is 10.9 Å². The van der Waals surface area contributed by atoms with E-state index in [9.17, 15) is 0 Å². The third kappa shape index (κ3) is 2.63. The Morgan fingerprint density at radius 1 is 1.60 bits per heavy atom. The molecule has 0 fully saturated rings. The van der Waals surface area contributed by atoms with Crippen LogP contribution >= 0.6 is 11.6 Å². The van der Waals surface area contributed by atoms with Crippen molar-refractivity contribution in [3.63, 3.8) is 0 Å². The second-order valence-corrected chi connectivity index (χ2v) is 5.00. The predicted molar refractivity (Wildman–Crippen MR) is 63.3 cm³/mol. The third-order valence-corrected chi connectivity index (χ3v) is 3.10. The van der Waals surface area contributed by atoms with Gasteiger partial charge in [0.2, 0.25) is 0 Å². The lowest BCUT2D eigenvalue weighted by Crippen LogP contribution is -2.02. The van der Waals surface area contributed by atoms with Crippen LogP contribution in [-0.4, -0.2) is 15.2 Å². The Balaban J connectivity index is 2.02. The minimum absolute atomic E-state index is 0.243. The lowest BCUT2D eigenvalue weighted by molar-refractivity contribution is 0.527. The van der Waals surface area contributed by atoms with Crippen LogP contribution in [0, 0.1) is 0 Å². The van der Waals surface area contributed by atoms with E-state index in [4.69, 9.17) is 11.6 Å². The van der Waals surface area contributed by atoms with E-state index in [1.165, 1.54) is 5.57 Å². The normalized spacial score (nSPS) is 21.1. The summed E-state index contributed by atoms with van der Waals surface area (Å²) in [4.78, 5) is 0. The molecule has 1 unspecified atom stereocenters. The molecule has 0 radical (unpaired) electrons. The summed E-state index contributed by atoms with van der Waals surface area (Å²) in [6.07, 6.45) is 7.40. The van der Waals surface area contributed by atoms with Gasteiger partial charge in [0, 0.05) is 18.7 Å². The van der Waals surface area contributed by atoms with E-state index >= 15 is 0 Å². The molecule has 1 aliphatic carbocycles. The highest BCUT2D eigenvalue weighted by Crippen LogP contribution is 2.25. The molecule has 1 heterocycles. The van der Waals surface area contributed by atoms with Crippen molar-refractivity contribution in [3.8, 4) is 0 Å². The fraction of sp³-hybridized carbons (Fsp3) is 0.583. The first kappa shape index (κ1) is 10.7. The lowest BCUT2D eigenvalue weighted by atomic mass is 10.1. The summed E-state index contributed by atoms with van der Waals surface area (Å²) in [5.41, 5.74) is 2.59. The molecule has 0 amide bonds. The first-order valence-electron chi connectivity index (χ1n) is 5.53. The SMILES string of the molecule is CC(C)n1ccc(CC2=CC(Cl)CC2)n1. The lowest BCUT2D eigenvalue weighted by Gasteiger charge is -2.03. The van der Waals surface area contributed by atoms with Gasteiger partial charge in [-0.15, -0.1) is 11.6 Å². The van der Waals surface area contributed by atoms with Gasteiger partial charge in [0.1, 0.15) is 0 Å². The fourth-order valence-corrected chi connectivity index (χ4v) is 2.17. The van der Waals surface area contributed by atoms with E-state index in [-0.39, 0.29) is 5.38 Å². The maximum atomic E-state index is 6.03. The first-order chi connectivity index (χ1) is 7.15. The maximum Gasteiger partial charge on any atom is 0.0665 e. The van der Waals surface area contributed by atoms with Crippen LogP contribution in [0.3, 0.4) is 0 Å². The number of hydrogen-bond acceptors (Lipinski definition) is 1. The Hall–Kier alpha value is -0.760. The summed E-state index contributed by atoms with van der Waals surface area (Å²) in [7, 11) is 0. The number of aromatic nitrogens is 2. The van der Waals surface area contributed by atoms with E-state index in [2.05, 4.69) is 31.1 Å². The zero-order valence-electron chi connectivity index (χ0n) is 9.28. The molecule has 0 saturated heterocycles. The predicted octanol–water partition coefficient (Wildman–Crippen LogP) is 3.33. The summed E-state index contributed by atoms with van der Waals surface area (Å²) in [6, 6.07) is 2.54. The number of allylic oxidation sites excluding steroid dienone is 2. The summed E-state index contributed by atoms with van der Waals surface area (Å²) in [6.45, 7) is 4.28. The van der Waals surface area contributed by atoms with Crippen LogP contribution in [0.4, 0.5) is 0 Å². The van der Waals surface area contributed by atoms with Crippen molar-refractivity contribution in [2.45, 2.75) is 44.5 Å². The molecular formula is C12H17ClN2. The van der Waals surface area contributed by atoms with Crippen molar-refractivity contribution in [3.05, 3.63) is 29.6 Å².